The number of carbonyl (C=O) groups is 1. The molecule has 1 saturated carbocycles. The number of ketones is 1. The maximum absolute atomic E-state index is 12.5. The summed E-state index contributed by atoms with van der Waals surface area (Å²) in [5, 5.41) is 8.02. The molecule has 0 radical (unpaired) electrons. The molecule has 0 bridgehead atoms. The fraction of sp³-hybridized carbons (Fsp3) is 0.750. The first-order valence-electron chi connectivity index (χ1n) is 8.00. The predicted molar refractivity (Wildman–Crippen MR) is 78.7 cm³/mol. The van der Waals surface area contributed by atoms with E-state index in [1.54, 1.807) is 0 Å². The van der Waals surface area contributed by atoms with E-state index in [-0.39, 0.29) is 11.3 Å². The Hall–Kier alpha value is -1.16. The number of aromatic nitrogens is 2. The number of hydrogen-bond acceptors (Lipinski definition) is 3. The van der Waals surface area contributed by atoms with E-state index in [2.05, 4.69) is 21.3 Å². The molecule has 0 amide bonds. The lowest BCUT2D eigenvalue weighted by Gasteiger charge is -2.33. The molecule has 1 aliphatic carbocycles. The molecular formula is C16H25N3O. The Morgan fingerprint density at radius 1 is 1.40 bits per heavy atom. The highest BCUT2D eigenvalue weighted by atomic mass is 16.1. The largest absolute Gasteiger partial charge is 0.305 e. The van der Waals surface area contributed by atoms with E-state index in [1.807, 2.05) is 13.0 Å². The van der Waals surface area contributed by atoms with Gasteiger partial charge in [-0.25, -0.2) is 0 Å². The van der Waals surface area contributed by atoms with Crippen LogP contribution in [0.25, 0.3) is 0 Å². The van der Waals surface area contributed by atoms with E-state index in [1.165, 1.54) is 32.1 Å². The molecule has 2 aliphatic rings. The second-order valence-electron chi connectivity index (χ2n) is 6.54. The topological polar surface area (TPSA) is 46.9 Å². The zero-order valence-electron chi connectivity index (χ0n) is 12.4. The van der Waals surface area contributed by atoms with Gasteiger partial charge in [-0.05, 0) is 51.6 Å². The molecule has 1 N–H and O–H groups in total. The van der Waals surface area contributed by atoms with Crippen molar-refractivity contribution in [3.8, 4) is 0 Å². The molecular weight excluding hydrogens is 250 g/mol. The van der Waals surface area contributed by atoms with E-state index in [0.29, 0.717) is 12.5 Å². The summed E-state index contributed by atoms with van der Waals surface area (Å²) in [6.45, 7) is 3.00. The fourth-order valence-electron chi connectivity index (χ4n) is 3.50. The van der Waals surface area contributed by atoms with Crippen LogP contribution in [0.3, 0.4) is 0 Å². The second kappa shape index (κ2) is 5.68. The smallest absolute Gasteiger partial charge is 0.158 e. The minimum atomic E-state index is -0.338. The number of nitrogens with one attached hydrogen (secondary N) is 1. The zero-order valence-corrected chi connectivity index (χ0v) is 12.4. The Bertz CT molecular complexity index is 468. The Kier molecular flexibility index (Phi) is 3.92. The molecule has 1 aromatic heterocycles. The fourth-order valence-corrected chi connectivity index (χ4v) is 3.50. The van der Waals surface area contributed by atoms with Gasteiger partial charge in [-0.3, -0.25) is 9.48 Å². The first kappa shape index (κ1) is 13.8. The number of nitrogens with zero attached hydrogens (tertiary/aromatic N) is 2. The monoisotopic (exact) mass is 275 g/mol. The summed E-state index contributed by atoms with van der Waals surface area (Å²) in [6, 6.07) is 2.57. The van der Waals surface area contributed by atoms with Gasteiger partial charge >= 0.3 is 0 Å². The van der Waals surface area contributed by atoms with Crippen LogP contribution in [0.1, 0.15) is 63.6 Å². The van der Waals surface area contributed by atoms with Crippen molar-refractivity contribution in [2.24, 2.45) is 0 Å². The normalized spacial score (nSPS) is 27.9. The summed E-state index contributed by atoms with van der Waals surface area (Å²) in [7, 11) is 0. The molecule has 1 atom stereocenters. The van der Waals surface area contributed by atoms with Crippen molar-refractivity contribution in [1.29, 1.82) is 0 Å². The van der Waals surface area contributed by atoms with Crippen LogP contribution in [0.2, 0.25) is 0 Å². The van der Waals surface area contributed by atoms with Crippen molar-refractivity contribution in [2.45, 2.75) is 69.9 Å². The maximum Gasteiger partial charge on any atom is 0.158 e. The van der Waals surface area contributed by atoms with Crippen LogP contribution in [-0.4, -0.2) is 27.6 Å². The first-order chi connectivity index (χ1) is 9.67. The molecule has 1 unspecified atom stereocenters. The van der Waals surface area contributed by atoms with E-state index < -0.39 is 0 Å². The van der Waals surface area contributed by atoms with Gasteiger partial charge in [0.15, 0.2) is 5.78 Å². The number of Topliss-reactive ketones (excluding diaryl/α,β-unsaturated/α-hetero) is 1. The van der Waals surface area contributed by atoms with Crippen LogP contribution in [0, 0.1) is 0 Å². The molecule has 0 spiro atoms. The summed E-state index contributed by atoms with van der Waals surface area (Å²) in [5.41, 5.74) is 0.588. The van der Waals surface area contributed by atoms with Gasteiger partial charge in [-0.2, -0.15) is 5.10 Å². The Morgan fingerprint density at radius 2 is 2.20 bits per heavy atom. The van der Waals surface area contributed by atoms with Gasteiger partial charge in [0.2, 0.25) is 0 Å². The van der Waals surface area contributed by atoms with Gasteiger partial charge in [0.1, 0.15) is 0 Å². The van der Waals surface area contributed by atoms with Crippen LogP contribution < -0.4 is 5.32 Å². The lowest BCUT2D eigenvalue weighted by molar-refractivity contribution is -0.125. The van der Waals surface area contributed by atoms with Crippen LogP contribution in [-0.2, 0) is 11.2 Å². The van der Waals surface area contributed by atoms with Crippen molar-refractivity contribution >= 4 is 5.78 Å². The predicted octanol–water partition coefficient (Wildman–Crippen LogP) is 2.64. The number of piperidine rings is 1. The van der Waals surface area contributed by atoms with Crippen LogP contribution in [0.15, 0.2) is 12.3 Å². The molecule has 110 valence electrons. The highest BCUT2D eigenvalue weighted by Crippen LogP contribution is 2.29. The molecule has 3 rings (SSSR count). The second-order valence-corrected chi connectivity index (χ2v) is 6.54. The number of carbonyl (C=O) groups excluding carboxylic acids is 1. The summed E-state index contributed by atoms with van der Waals surface area (Å²) < 4.78 is 2.08. The minimum absolute atomic E-state index is 0.286. The van der Waals surface area contributed by atoms with E-state index >= 15 is 0 Å². The van der Waals surface area contributed by atoms with Crippen molar-refractivity contribution in [1.82, 2.24) is 15.1 Å². The van der Waals surface area contributed by atoms with E-state index in [9.17, 15) is 4.79 Å². The van der Waals surface area contributed by atoms with Crippen LogP contribution in [0.4, 0.5) is 0 Å². The van der Waals surface area contributed by atoms with Crippen molar-refractivity contribution in [2.75, 3.05) is 6.54 Å². The minimum Gasteiger partial charge on any atom is -0.305 e. The molecule has 2 heterocycles. The lowest BCUT2D eigenvalue weighted by Crippen LogP contribution is -2.52. The van der Waals surface area contributed by atoms with Crippen molar-refractivity contribution < 1.29 is 4.79 Å². The molecule has 4 heteroatoms. The number of hydrogen-bond donors (Lipinski definition) is 1. The third kappa shape index (κ3) is 2.80. The zero-order chi connectivity index (χ0) is 14.0. The molecule has 1 saturated heterocycles. The maximum atomic E-state index is 12.5. The molecule has 0 aromatic carbocycles. The highest BCUT2D eigenvalue weighted by molar-refractivity contribution is 5.89. The highest BCUT2D eigenvalue weighted by Gasteiger charge is 2.34. The summed E-state index contributed by atoms with van der Waals surface area (Å²) in [5.74, 6) is 0.286. The third-order valence-corrected chi connectivity index (χ3v) is 4.94. The van der Waals surface area contributed by atoms with Crippen LogP contribution in [0.5, 0.6) is 0 Å². The van der Waals surface area contributed by atoms with Gasteiger partial charge in [0.05, 0.1) is 23.7 Å². The average Bonchev–Trinajstić information content (AvgIpc) is 3.09. The summed E-state index contributed by atoms with van der Waals surface area (Å²) in [4.78, 5) is 12.5. The van der Waals surface area contributed by atoms with Gasteiger partial charge in [-0.1, -0.05) is 12.8 Å². The molecule has 1 aliphatic heterocycles. The average molecular weight is 275 g/mol. The Morgan fingerprint density at radius 3 is 2.90 bits per heavy atom. The van der Waals surface area contributed by atoms with E-state index in [4.69, 9.17) is 0 Å². The quantitative estimate of drug-likeness (QED) is 0.919. The van der Waals surface area contributed by atoms with Crippen LogP contribution >= 0.6 is 0 Å². The van der Waals surface area contributed by atoms with E-state index in [0.717, 1.165) is 25.1 Å². The third-order valence-electron chi connectivity index (χ3n) is 4.94. The van der Waals surface area contributed by atoms with Crippen molar-refractivity contribution in [3.63, 3.8) is 0 Å². The van der Waals surface area contributed by atoms with Crippen molar-refractivity contribution in [3.05, 3.63) is 18.0 Å². The standard InChI is InChI=1S/C16H25N3O/c1-16(9-4-5-10-17-16)15(20)12-13-8-11-19(18-13)14-6-2-3-7-14/h8,11,14,17H,2-7,9-10,12H2,1H3. The van der Waals surface area contributed by atoms with Gasteiger partial charge in [0.25, 0.3) is 0 Å². The number of rotatable bonds is 4. The molecule has 1 aromatic rings. The van der Waals surface area contributed by atoms with Gasteiger partial charge in [-0.15, -0.1) is 0 Å². The lowest BCUT2D eigenvalue weighted by atomic mass is 9.85. The Balaban J connectivity index is 1.63. The summed E-state index contributed by atoms with van der Waals surface area (Å²) >= 11 is 0. The Labute approximate surface area is 120 Å². The molecule has 4 nitrogen and oxygen atoms in total. The van der Waals surface area contributed by atoms with Gasteiger partial charge < -0.3 is 5.32 Å². The molecule has 20 heavy (non-hydrogen) atoms. The SMILES string of the molecule is CC1(C(=O)Cc2ccn(C3CCCC3)n2)CCCCN1. The first-order valence-corrected chi connectivity index (χ1v) is 8.00. The molecule has 2 fully saturated rings. The summed E-state index contributed by atoms with van der Waals surface area (Å²) in [6.07, 6.45) is 10.9. The van der Waals surface area contributed by atoms with Gasteiger partial charge in [0, 0.05) is 6.20 Å².